The molecule has 2 heterocycles. The molecule has 0 unspecified atom stereocenters. The van der Waals surface area contributed by atoms with Gasteiger partial charge in [0.25, 0.3) is 0 Å². The average molecular weight is 422 g/mol. The second-order valence-electron chi connectivity index (χ2n) is 7.76. The molecule has 7 nitrogen and oxygen atoms in total. The van der Waals surface area contributed by atoms with E-state index in [1.54, 1.807) is 4.68 Å². The van der Waals surface area contributed by atoms with Crippen LogP contribution in [0, 0.1) is 31.6 Å². The Bertz CT molecular complexity index is 830. The van der Waals surface area contributed by atoms with E-state index in [0.29, 0.717) is 18.3 Å². The molecule has 2 aliphatic carbocycles. The van der Waals surface area contributed by atoms with Crippen LogP contribution in [0.1, 0.15) is 60.5 Å². The Labute approximate surface area is 161 Å². The molecule has 0 spiro atoms. The zero-order valence-electron chi connectivity index (χ0n) is 15.3. The number of fused-ring (bicyclic) bond motifs is 2. The van der Waals surface area contributed by atoms with Gasteiger partial charge in [-0.2, -0.15) is 10.1 Å². The number of hydrogen-bond acceptors (Lipinski definition) is 5. The van der Waals surface area contributed by atoms with E-state index < -0.39 is 0 Å². The fourth-order valence-electron chi connectivity index (χ4n) is 4.66. The summed E-state index contributed by atoms with van der Waals surface area (Å²) < 4.78 is 7.94. The van der Waals surface area contributed by atoms with Crippen LogP contribution in [0.2, 0.25) is 0 Å². The van der Waals surface area contributed by atoms with Crippen LogP contribution in [-0.4, -0.2) is 31.9 Å². The number of carbonyl (C=O) groups is 1. The first-order chi connectivity index (χ1) is 12.4. The Morgan fingerprint density at radius 2 is 2.19 bits per heavy atom. The van der Waals surface area contributed by atoms with Gasteiger partial charge in [-0.1, -0.05) is 11.6 Å². The Morgan fingerprint density at radius 3 is 2.81 bits per heavy atom. The summed E-state index contributed by atoms with van der Waals surface area (Å²) in [5.41, 5.74) is 1.90. The minimum Gasteiger partial charge on any atom is -0.345 e. The van der Waals surface area contributed by atoms with Crippen LogP contribution in [0.4, 0.5) is 0 Å². The Kier molecular flexibility index (Phi) is 4.62. The molecule has 140 valence electrons. The fourth-order valence-corrected chi connectivity index (χ4v) is 4.94. The third kappa shape index (κ3) is 3.19. The summed E-state index contributed by atoms with van der Waals surface area (Å²) in [5.74, 6) is 2.38. The first kappa shape index (κ1) is 17.7. The highest BCUT2D eigenvalue weighted by Crippen LogP contribution is 2.49. The molecule has 1 amide bonds. The molecular weight excluding hydrogens is 398 g/mol. The maximum atomic E-state index is 12.5. The molecule has 4 atom stereocenters. The minimum atomic E-state index is -0.284. The molecule has 4 rings (SSSR count). The molecule has 26 heavy (non-hydrogen) atoms. The number of nitrogens with zero attached hydrogens (tertiary/aromatic N) is 4. The second kappa shape index (κ2) is 6.79. The molecule has 0 aliphatic heterocycles. The Hall–Kier alpha value is -1.70. The Morgan fingerprint density at radius 1 is 1.38 bits per heavy atom. The smallest absolute Gasteiger partial charge is 0.316 e. The van der Waals surface area contributed by atoms with Gasteiger partial charge in [-0.15, -0.1) is 0 Å². The van der Waals surface area contributed by atoms with Gasteiger partial charge in [-0.25, -0.2) is 0 Å². The van der Waals surface area contributed by atoms with Gasteiger partial charge in [0.1, 0.15) is 6.54 Å². The summed E-state index contributed by atoms with van der Waals surface area (Å²) >= 11 is 3.50. The van der Waals surface area contributed by atoms with Crippen LogP contribution in [-0.2, 0) is 6.54 Å². The number of nitrogens with one attached hydrogen (secondary N) is 1. The molecule has 0 aromatic carbocycles. The van der Waals surface area contributed by atoms with Crippen molar-refractivity contribution in [3.8, 4) is 0 Å². The number of aryl methyl sites for hydroxylation is 1. The number of hydrogen-bond donors (Lipinski definition) is 1. The largest absolute Gasteiger partial charge is 0.345 e. The molecule has 8 heteroatoms. The van der Waals surface area contributed by atoms with Gasteiger partial charge in [0, 0.05) is 6.04 Å². The van der Waals surface area contributed by atoms with Gasteiger partial charge in [-0.3, -0.25) is 9.48 Å². The predicted molar refractivity (Wildman–Crippen MR) is 98.7 cm³/mol. The lowest BCUT2D eigenvalue weighted by Crippen LogP contribution is -2.40. The van der Waals surface area contributed by atoms with Gasteiger partial charge in [0.2, 0.25) is 0 Å². The topological polar surface area (TPSA) is 85.8 Å². The Balaban J connectivity index is 1.39. The number of carbonyl (C=O) groups excluding carboxylic acids is 1. The van der Waals surface area contributed by atoms with Crippen LogP contribution >= 0.6 is 15.9 Å². The maximum absolute atomic E-state index is 12.5. The van der Waals surface area contributed by atoms with E-state index in [4.69, 9.17) is 4.52 Å². The molecule has 2 aliphatic rings. The van der Waals surface area contributed by atoms with E-state index >= 15 is 0 Å². The predicted octanol–water partition coefficient (Wildman–Crippen LogP) is 3.25. The molecule has 0 radical (unpaired) electrons. The molecule has 2 bridgehead atoms. The van der Waals surface area contributed by atoms with E-state index in [1.807, 2.05) is 13.8 Å². The van der Waals surface area contributed by atoms with Gasteiger partial charge in [0.15, 0.2) is 5.82 Å². The number of halogens is 1. The standard InChI is InChI=1S/C18H24BrN5O2/c1-9(14-7-12-4-5-13(14)6-12)20-17(25)18-21-15(23-26-18)8-24-11(3)16(19)10(2)22-24/h9,12-14H,4-8H2,1-3H3,(H,20,25)/t9-,12+,13+,14+/m1/s1. The third-order valence-corrected chi connectivity index (χ3v) is 7.19. The van der Waals surface area contributed by atoms with Crippen molar-refractivity contribution >= 4 is 21.8 Å². The second-order valence-corrected chi connectivity index (χ2v) is 8.55. The van der Waals surface area contributed by atoms with Crippen molar-refractivity contribution in [1.29, 1.82) is 0 Å². The summed E-state index contributed by atoms with van der Waals surface area (Å²) in [6, 6.07) is 0.139. The van der Waals surface area contributed by atoms with Crippen molar-refractivity contribution in [2.45, 2.75) is 59.0 Å². The average Bonchev–Trinajstić information content (AvgIpc) is 3.38. The van der Waals surface area contributed by atoms with Gasteiger partial charge < -0.3 is 9.84 Å². The van der Waals surface area contributed by atoms with Crippen molar-refractivity contribution < 1.29 is 9.32 Å². The highest BCUT2D eigenvalue weighted by Gasteiger charge is 2.42. The first-order valence-corrected chi connectivity index (χ1v) is 10.0. The molecule has 2 aromatic heterocycles. The van der Waals surface area contributed by atoms with Gasteiger partial charge in [-0.05, 0) is 73.7 Å². The van der Waals surface area contributed by atoms with E-state index in [1.165, 1.54) is 25.7 Å². The lowest BCUT2D eigenvalue weighted by molar-refractivity contribution is 0.0871. The monoisotopic (exact) mass is 421 g/mol. The van der Waals surface area contributed by atoms with Gasteiger partial charge >= 0.3 is 11.8 Å². The van der Waals surface area contributed by atoms with Crippen molar-refractivity contribution in [1.82, 2.24) is 25.2 Å². The van der Waals surface area contributed by atoms with Crippen molar-refractivity contribution in [2.24, 2.45) is 17.8 Å². The van der Waals surface area contributed by atoms with Crippen LogP contribution in [0.25, 0.3) is 0 Å². The number of amides is 1. The van der Waals surface area contributed by atoms with E-state index in [-0.39, 0.29) is 17.8 Å². The molecule has 0 saturated heterocycles. The highest BCUT2D eigenvalue weighted by molar-refractivity contribution is 9.10. The van der Waals surface area contributed by atoms with Crippen molar-refractivity contribution in [2.75, 3.05) is 0 Å². The molecule has 1 N–H and O–H groups in total. The van der Waals surface area contributed by atoms with E-state index in [9.17, 15) is 4.79 Å². The highest BCUT2D eigenvalue weighted by atomic mass is 79.9. The molecule has 2 saturated carbocycles. The normalized spacial score (nSPS) is 25.6. The maximum Gasteiger partial charge on any atom is 0.316 e. The first-order valence-electron chi connectivity index (χ1n) is 9.25. The molecular formula is C18H24BrN5O2. The van der Waals surface area contributed by atoms with E-state index in [0.717, 1.165) is 27.7 Å². The fraction of sp³-hybridized carbons (Fsp3) is 0.667. The minimum absolute atomic E-state index is 0.0237. The summed E-state index contributed by atoms with van der Waals surface area (Å²) in [7, 11) is 0. The lowest BCUT2D eigenvalue weighted by atomic mass is 9.84. The summed E-state index contributed by atoms with van der Waals surface area (Å²) in [6.45, 7) is 6.36. The van der Waals surface area contributed by atoms with Gasteiger partial charge in [0.05, 0.1) is 15.9 Å². The zero-order chi connectivity index (χ0) is 18.4. The molecule has 2 aromatic rings. The van der Waals surface area contributed by atoms with Crippen molar-refractivity contribution in [3.63, 3.8) is 0 Å². The van der Waals surface area contributed by atoms with Crippen LogP contribution < -0.4 is 5.32 Å². The summed E-state index contributed by atoms with van der Waals surface area (Å²) in [6.07, 6.45) is 5.22. The van der Waals surface area contributed by atoms with Crippen LogP contribution in [0.5, 0.6) is 0 Å². The third-order valence-electron chi connectivity index (χ3n) is 6.04. The number of rotatable bonds is 5. The van der Waals surface area contributed by atoms with Crippen LogP contribution in [0.15, 0.2) is 9.00 Å². The van der Waals surface area contributed by atoms with E-state index in [2.05, 4.69) is 43.4 Å². The van der Waals surface area contributed by atoms with Crippen molar-refractivity contribution in [3.05, 3.63) is 27.6 Å². The quantitative estimate of drug-likeness (QED) is 0.800. The lowest BCUT2D eigenvalue weighted by Gasteiger charge is -2.28. The SMILES string of the molecule is Cc1nn(Cc2noc(C(=O)N[C@H](C)[C@@H]3C[C@H]4CC[C@H]3C4)n2)c(C)c1Br. The number of aromatic nitrogens is 4. The van der Waals surface area contributed by atoms with Crippen LogP contribution in [0.3, 0.4) is 0 Å². The summed E-state index contributed by atoms with van der Waals surface area (Å²) in [5, 5.41) is 11.4. The molecule has 2 fully saturated rings. The summed E-state index contributed by atoms with van der Waals surface area (Å²) in [4.78, 5) is 16.7. The zero-order valence-corrected chi connectivity index (χ0v) is 16.9.